The number of allylic oxidation sites excluding steroid dienone is 2. The smallest absolute Gasteiger partial charge is 0.168 e. The lowest BCUT2D eigenvalue weighted by atomic mass is 9.39. The van der Waals surface area contributed by atoms with E-state index in [-0.39, 0.29) is 5.78 Å². The van der Waals surface area contributed by atoms with E-state index in [1.54, 1.807) is 0 Å². The molecule has 0 aromatic heterocycles. The van der Waals surface area contributed by atoms with E-state index in [1.165, 1.54) is 16.7 Å². The third kappa shape index (κ3) is 4.37. The first kappa shape index (κ1) is 17.6. The summed E-state index contributed by atoms with van der Waals surface area (Å²) in [6.45, 7) is 14.9. The molecule has 0 fully saturated rings. The molecule has 2 rings (SSSR count). The van der Waals surface area contributed by atoms with Gasteiger partial charge in [-0.25, -0.2) is 0 Å². The standard InChI is InChI=1S/C20H28BNO/c1-6-19(23)17-9-7-8-16-12-20(21(5)13-18(16)17)22-15(4)11-10-14(2)3/h7-9,20,22H,2,4,6,10-13H2,1,3,5H3. The van der Waals surface area contributed by atoms with Gasteiger partial charge in [0.25, 0.3) is 0 Å². The van der Waals surface area contributed by atoms with Gasteiger partial charge in [-0.3, -0.25) is 4.79 Å². The van der Waals surface area contributed by atoms with Crippen LogP contribution in [-0.2, 0) is 12.7 Å². The summed E-state index contributed by atoms with van der Waals surface area (Å²) in [6.07, 6.45) is 4.43. The molecule has 0 amide bonds. The van der Waals surface area contributed by atoms with Crippen LogP contribution in [0.15, 0.2) is 42.6 Å². The van der Waals surface area contributed by atoms with Crippen LogP contribution in [0, 0.1) is 0 Å². The minimum absolute atomic E-state index is 0.256. The molecule has 3 heteroatoms. The van der Waals surface area contributed by atoms with E-state index in [1.807, 2.05) is 19.1 Å². The average Bonchev–Trinajstić information content (AvgIpc) is 2.52. The molecule has 0 aliphatic carbocycles. The van der Waals surface area contributed by atoms with Gasteiger partial charge in [0, 0.05) is 23.6 Å². The van der Waals surface area contributed by atoms with E-state index < -0.39 is 0 Å². The number of nitrogens with one attached hydrogen (secondary N) is 1. The van der Waals surface area contributed by atoms with Crippen LogP contribution in [0.25, 0.3) is 0 Å². The number of rotatable bonds is 7. The van der Waals surface area contributed by atoms with Gasteiger partial charge in [0.1, 0.15) is 0 Å². The van der Waals surface area contributed by atoms with Crippen molar-refractivity contribution in [1.29, 1.82) is 0 Å². The van der Waals surface area contributed by atoms with Gasteiger partial charge in [-0.1, -0.05) is 44.1 Å². The number of carbonyl (C=O) groups excluding carboxylic acids is 1. The number of Topliss-reactive ketones (excluding diaryl/α,β-unsaturated/α-hetero) is 1. The molecule has 0 radical (unpaired) electrons. The molecule has 1 aromatic rings. The van der Waals surface area contributed by atoms with Gasteiger partial charge in [-0.2, -0.15) is 0 Å². The Morgan fingerprint density at radius 1 is 1.35 bits per heavy atom. The normalized spacial score (nSPS) is 16.7. The predicted molar refractivity (Wildman–Crippen MR) is 100 cm³/mol. The summed E-state index contributed by atoms with van der Waals surface area (Å²) in [5.74, 6) is 0.651. The average molecular weight is 309 g/mol. The first-order valence-electron chi connectivity index (χ1n) is 8.65. The van der Waals surface area contributed by atoms with Crippen molar-refractivity contribution in [3.63, 3.8) is 0 Å². The quantitative estimate of drug-likeness (QED) is 0.459. The molecule has 2 nitrogen and oxygen atoms in total. The Balaban J connectivity index is 2.11. The van der Waals surface area contributed by atoms with Crippen molar-refractivity contribution in [2.75, 3.05) is 0 Å². The monoisotopic (exact) mass is 309 g/mol. The molecule has 1 atom stereocenters. The van der Waals surface area contributed by atoms with Crippen LogP contribution in [0.4, 0.5) is 0 Å². The van der Waals surface area contributed by atoms with Crippen LogP contribution in [-0.4, -0.2) is 18.4 Å². The molecule has 122 valence electrons. The maximum absolute atomic E-state index is 12.2. The van der Waals surface area contributed by atoms with E-state index in [4.69, 9.17) is 0 Å². The molecule has 1 unspecified atom stereocenters. The van der Waals surface area contributed by atoms with Crippen molar-refractivity contribution in [1.82, 2.24) is 5.32 Å². The Morgan fingerprint density at radius 2 is 2.09 bits per heavy atom. The Labute approximate surface area is 141 Å². The van der Waals surface area contributed by atoms with Crippen LogP contribution in [0.5, 0.6) is 0 Å². The highest BCUT2D eigenvalue weighted by molar-refractivity contribution is 6.59. The topological polar surface area (TPSA) is 29.1 Å². The highest BCUT2D eigenvalue weighted by Crippen LogP contribution is 2.26. The summed E-state index contributed by atoms with van der Waals surface area (Å²) in [4.78, 5) is 12.2. The Hall–Kier alpha value is -1.77. The lowest BCUT2D eigenvalue weighted by molar-refractivity contribution is 0.0987. The van der Waals surface area contributed by atoms with Crippen LogP contribution in [0.3, 0.4) is 0 Å². The van der Waals surface area contributed by atoms with Crippen LogP contribution >= 0.6 is 0 Å². The van der Waals surface area contributed by atoms with Gasteiger partial charge in [0.2, 0.25) is 0 Å². The van der Waals surface area contributed by atoms with Crippen molar-refractivity contribution in [3.05, 3.63) is 59.3 Å². The molecule has 23 heavy (non-hydrogen) atoms. The second-order valence-electron chi connectivity index (χ2n) is 6.92. The maximum Gasteiger partial charge on any atom is 0.168 e. The highest BCUT2D eigenvalue weighted by Gasteiger charge is 2.30. The van der Waals surface area contributed by atoms with Crippen molar-refractivity contribution in [3.8, 4) is 0 Å². The largest absolute Gasteiger partial charge is 0.393 e. The summed E-state index contributed by atoms with van der Waals surface area (Å²) >= 11 is 0. The number of hydrogen-bond acceptors (Lipinski definition) is 2. The molecule has 0 spiro atoms. The summed E-state index contributed by atoms with van der Waals surface area (Å²) < 4.78 is 0. The Bertz CT molecular complexity index is 620. The van der Waals surface area contributed by atoms with E-state index in [0.29, 0.717) is 19.1 Å². The van der Waals surface area contributed by atoms with Crippen molar-refractivity contribution < 1.29 is 4.79 Å². The number of hydrogen-bond donors (Lipinski definition) is 1. The number of benzene rings is 1. The van der Waals surface area contributed by atoms with Crippen LogP contribution in [0.2, 0.25) is 6.82 Å². The van der Waals surface area contributed by atoms with Crippen molar-refractivity contribution in [2.24, 2.45) is 0 Å². The predicted octanol–water partition coefficient (Wildman–Crippen LogP) is 4.41. The zero-order valence-corrected chi connectivity index (χ0v) is 14.7. The lowest BCUT2D eigenvalue weighted by Crippen LogP contribution is -2.47. The fourth-order valence-electron chi connectivity index (χ4n) is 3.31. The lowest BCUT2D eigenvalue weighted by Gasteiger charge is -2.32. The van der Waals surface area contributed by atoms with E-state index in [2.05, 4.69) is 38.3 Å². The highest BCUT2D eigenvalue weighted by atomic mass is 16.1. The molecular weight excluding hydrogens is 281 g/mol. The summed E-state index contributed by atoms with van der Waals surface area (Å²) in [6, 6.07) is 6.17. The molecule has 1 aliphatic heterocycles. The molecule has 1 aromatic carbocycles. The van der Waals surface area contributed by atoms with Gasteiger partial charge in [-0.15, -0.1) is 6.58 Å². The summed E-state index contributed by atoms with van der Waals surface area (Å²) in [5.41, 5.74) is 5.79. The SMILES string of the molecule is C=C(C)CCC(=C)NC1Cc2cccc(C(=O)CC)c2CB1C. The van der Waals surface area contributed by atoms with E-state index in [9.17, 15) is 4.79 Å². The van der Waals surface area contributed by atoms with Gasteiger partial charge in [0.05, 0.1) is 0 Å². The second-order valence-corrected chi connectivity index (χ2v) is 6.92. The number of fused-ring (bicyclic) bond motifs is 1. The molecule has 0 saturated heterocycles. The fourth-order valence-corrected chi connectivity index (χ4v) is 3.31. The minimum Gasteiger partial charge on any atom is -0.393 e. The fraction of sp³-hybridized carbons (Fsp3) is 0.450. The Morgan fingerprint density at radius 3 is 2.74 bits per heavy atom. The maximum atomic E-state index is 12.2. The second kappa shape index (κ2) is 7.67. The first-order valence-corrected chi connectivity index (χ1v) is 8.65. The Kier molecular flexibility index (Phi) is 5.87. The van der Waals surface area contributed by atoms with Gasteiger partial charge >= 0.3 is 0 Å². The minimum atomic E-state index is 0.256. The van der Waals surface area contributed by atoms with Gasteiger partial charge < -0.3 is 5.32 Å². The van der Waals surface area contributed by atoms with Crippen LogP contribution < -0.4 is 5.32 Å². The molecule has 1 heterocycles. The molecule has 0 bridgehead atoms. The molecule has 0 saturated carbocycles. The van der Waals surface area contributed by atoms with Gasteiger partial charge in [-0.05, 0) is 43.6 Å². The number of ketones is 1. The van der Waals surface area contributed by atoms with Crippen molar-refractivity contribution in [2.45, 2.75) is 58.6 Å². The third-order valence-corrected chi connectivity index (χ3v) is 4.79. The molecule has 1 N–H and O–H groups in total. The zero-order chi connectivity index (χ0) is 17.0. The van der Waals surface area contributed by atoms with Crippen molar-refractivity contribution >= 4 is 12.5 Å². The molecular formula is C20H28BNO. The number of carbonyl (C=O) groups is 1. The summed E-state index contributed by atoms with van der Waals surface area (Å²) in [5, 5.41) is 3.61. The first-order chi connectivity index (χ1) is 10.9. The van der Waals surface area contributed by atoms with Crippen LogP contribution in [0.1, 0.15) is 54.6 Å². The van der Waals surface area contributed by atoms with E-state index >= 15 is 0 Å². The van der Waals surface area contributed by atoms with E-state index in [0.717, 1.165) is 36.8 Å². The zero-order valence-electron chi connectivity index (χ0n) is 14.7. The molecule has 1 aliphatic rings. The summed E-state index contributed by atoms with van der Waals surface area (Å²) in [7, 11) is 0. The van der Waals surface area contributed by atoms with Gasteiger partial charge in [0.15, 0.2) is 12.5 Å². The third-order valence-electron chi connectivity index (χ3n) is 4.79.